The number of guanidine groups is 1. The molecule has 0 saturated carbocycles. The van der Waals surface area contributed by atoms with E-state index >= 15 is 0 Å². The minimum Gasteiger partial charge on any atom is -0.370 e. The van der Waals surface area contributed by atoms with E-state index in [0.717, 1.165) is 24.8 Å². The Balaban J connectivity index is 3.28. The minimum absolute atomic E-state index is 0.0163. The first-order valence-electron chi connectivity index (χ1n) is 14.3. The molecule has 2 unspecified atom stereocenters. The molecule has 0 radical (unpaired) electrons. The van der Waals surface area contributed by atoms with Gasteiger partial charge in [-0.2, -0.15) is 0 Å². The lowest BCUT2D eigenvalue weighted by Gasteiger charge is -2.38. The van der Waals surface area contributed by atoms with Crippen LogP contribution in [-0.2, 0) is 14.4 Å². The maximum Gasteiger partial charge on any atom is 0.243 e. The number of Topliss-reactive ketones (excluding diaryl/α,β-unsaturated/α-hetero) is 1. The Hall–Kier alpha value is -2.68. The quantitative estimate of drug-likeness (QED) is 0.0971. The summed E-state index contributed by atoms with van der Waals surface area (Å²) < 4.78 is 0. The Bertz CT molecular complexity index is 866. The standard InChI is InChI=1S/C29H52N6O3/c1-6-16-29(32,17-7-2)23(15-12-18-33-27(30)31)25(37)34-24(19-22-13-10-11-14-22)26(38)35-28(8-3,9-4)20-21(5)36/h10,13-14,23-24H,6-9,11-12,15-20,32H2,1-5H3,(H,34,37)(H,35,38)(H4,30,31,33). The van der Waals surface area contributed by atoms with Crippen molar-refractivity contribution < 1.29 is 14.4 Å². The van der Waals surface area contributed by atoms with Gasteiger partial charge >= 0.3 is 0 Å². The molecule has 0 saturated heterocycles. The first kappa shape index (κ1) is 33.3. The summed E-state index contributed by atoms with van der Waals surface area (Å²) in [4.78, 5) is 43.6. The molecular formula is C29H52N6O3. The number of amides is 2. The summed E-state index contributed by atoms with van der Waals surface area (Å²) in [5, 5.41) is 6.20. The van der Waals surface area contributed by atoms with E-state index in [2.05, 4.69) is 35.5 Å². The molecule has 216 valence electrons. The normalized spacial score (nSPS) is 14.9. The molecule has 9 heteroatoms. The molecular weight excluding hydrogens is 480 g/mol. The molecule has 0 fully saturated rings. The Labute approximate surface area is 229 Å². The third kappa shape index (κ3) is 10.6. The van der Waals surface area contributed by atoms with Crippen LogP contribution in [0.4, 0.5) is 0 Å². The highest BCUT2D eigenvalue weighted by Gasteiger charge is 2.40. The number of ketones is 1. The minimum atomic E-state index is -0.784. The van der Waals surface area contributed by atoms with Crippen LogP contribution in [0.15, 0.2) is 28.8 Å². The number of nitrogens with two attached hydrogens (primary N) is 3. The summed E-state index contributed by atoms with van der Waals surface area (Å²) >= 11 is 0. The van der Waals surface area contributed by atoms with Gasteiger partial charge in [0.1, 0.15) is 11.8 Å². The van der Waals surface area contributed by atoms with E-state index in [-0.39, 0.29) is 30.0 Å². The lowest BCUT2D eigenvalue weighted by molar-refractivity contribution is -0.134. The van der Waals surface area contributed by atoms with Crippen molar-refractivity contribution in [2.45, 2.75) is 122 Å². The van der Waals surface area contributed by atoms with Crippen molar-refractivity contribution in [2.75, 3.05) is 6.54 Å². The molecule has 0 spiro atoms. The summed E-state index contributed by atoms with van der Waals surface area (Å²) in [6.45, 7) is 9.99. The van der Waals surface area contributed by atoms with Crippen LogP contribution < -0.4 is 27.8 Å². The predicted molar refractivity (Wildman–Crippen MR) is 155 cm³/mol. The van der Waals surface area contributed by atoms with Gasteiger partial charge in [0.15, 0.2) is 5.96 Å². The maximum absolute atomic E-state index is 13.9. The lowest BCUT2D eigenvalue weighted by Crippen LogP contribution is -2.59. The van der Waals surface area contributed by atoms with Gasteiger partial charge in [-0.25, -0.2) is 0 Å². The fraction of sp³-hybridized carbons (Fsp3) is 0.724. The van der Waals surface area contributed by atoms with Crippen LogP contribution in [0.5, 0.6) is 0 Å². The molecule has 0 aromatic carbocycles. The second-order valence-corrected chi connectivity index (χ2v) is 10.8. The van der Waals surface area contributed by atoms with Crippen molar-refractivity contribution >= 4 is 23.6 Å². The van der Waals surface area contributed by atoms with Crippen molar-refractivity contribution in [2.24, 2.45) is 28.1 Å². The number of aliphatic imine (C=N–C) groups is 1. The van der Waals surface area contributed by atoms with Crippen molar-refractivity contribution in [1.82, 2.24) is 10.6 Å². The van der Waals surface area contributed by atoms with Crippen molar-refractivity contribution in [3.05, 3.63) is 23.8 Å². The molecule has 0 aliphatic heterocycles. The highest BCUT2D eigenvalue weighted by atomic mass is 16.2. The third-order valence-electron chi connectivity index (χ3n) is 7.64. The number of nitrogens with zero attached hydrogens (tertiary/aromatic N) is 1. The highest BCUT2D eigenvalue weighted by Crippen LogP contribution is 2.30. The van der Waals surface area contributed by atoms with E-state index in [1.807, 2.05) is 26.0 Å². The van der Waals surface area contributed by atoms with Gasteiger partial charge in [-0.05, 0) is 57.4 Å². The van der Waals surface area contributed by atoms with Crippen molar-refractivity contribution in [1.29, 1.82) is 0 Å². The average Bonchev–Trinajstić information content (AvgIpc) is 3.35. The number of allylic oxidation sites excluding steroid dienone is 3. The Morgan fingerprint density at radius 2 is 1.68 bits per heavy atom. The summed E-state index contributed by atoms with van der Waals surface area (Å²) in [7, 11) is 0. The molecule has 1 rings (SSSR count). The smallest absolute Gasteiger partial charge is 0.243 e. The lowest BCUT2D eigenvalue weighted by atomic mass is 9.75. The second-order valence-electron chi connectivity index (χ2n) is 10.8. The zero-order valence-electron chi connectivity index (χ0n) is 24.3. The molecule has 1 aliphatic carbocycles. The average molecular weight is 533 g/mol. The predicted octanol–water partition coefficient (Wildman–Crippen LogP) is 3.37. The fourth-order valence-electron chi connectivity index (χ4n) is 5.51. The Morgan fingerprint density at radius 3 is 2.16 bits per heavy atom. The topological polar surface area (TPSA) is 166 Å². The first-order chi connectivity index (χ1) is 18.0. The van der Waals surface area contributed by atoms with Crippen LogP contribution in [-0.4, -0.2) is 47.2 Å². The fourth-order valence-corrected chi connectivity index (χ4v) is 5.51. The zero-order chi connectivity index (χ0) is 28.8. The number of hydrogen-bond donors (Lipinski definition) is 5. The Morgan fingerprint density at radius 1 is 1.05 bits per heavy atom. The largest absolute Gasteiger partial charge is 0.370 e. The van der Waals surface area contributed by atoms with E-state index in [0.29, 0.717) is 51.5 Å². The van der Waals surface area contributed by atoms with Crippen LogP contribution in [0.1, 0.15) is 105 Å². The van der Waals surface area contributed by atoms with Gasteiger partial charge < -0.3 is 27.8 Å². The molecule has 0 heterocycles. The molecule has 8 N–H and O–H groups in total. The van der Waals surface area contributed by atoms with Crippen molar-refractivity contribution in [3.8, 4) is 0 Å². The SMILES string of the molecule is CCCC(N)(CCC)C(CCCN=C(N)N)C(=O)NC(CC1=CCC=C1)C(=O)NC(CC)(CC)CC(C)=O. The maximum atomic E-state index is 13.9. The van der Waals surface area contributed by atoms with E-state index < -0.39 is 23.0 Å². The number of nitrogens with one attached hydrogen (secondary N) is 2. The van der Waals surface area contributed by atoms with Gasteiger partial charge in [-0.1, -0.05) is 58.8 Å². The van der Waals surface area contributed by atoms with Crippen LogP contribution in [0.2, 0.25) is 0 Å². The van der Waals surface area contributed by atoms with E-state index in [4.69, 9.17) is 17.2 Å². The van der Waals surface area contributed by atoms with Gasteiger partial charge in [0.05, 0.1) is 5.92 Å². The van der Waals surface area contributed by atoms with Gasteiger partial charge in [0.2, 0.25) is 11.8 Å². The summed E-state index contributed by atoms with van der Waals surface area (Å²) in [5.41, 5.74) is 17.5. The van der Waals surface area contributed by atoms with Crippen LogP contribution in [0.3, 0.4) is 0 Å². The number of carbonyl (C=O) groups is 3. The monoisotopic (exact) mass is 532 g/mol. The van der Waals surface area contributed by atoms with Gasteiger partial charge in [-0.3, -0.25) is 19.4 Å². The first-order valence-corrected chi connectivity index (χ1v) is 14.3. The summed E-state index contributed by atoms with van der Waals surface area (Å²) in [5.74, 6) is -0.977. The Kier molecular flexibility index (Phi) is 14.3. The number of carbonyl (C=O) groups excluding carboxylic acids is 3. The molecule has 0 bridgehead atoms. The highest BCUT2D eigenvalue weighted by molar-refractivity contribution is 5.90. The molecule has 1 aliphatic rings. The summed E-state index contributed by atoms with van der Waals surface area (Å²) in [6.07, 6.45) is 12.9. The van der Waals surface area contributed by atoms with Gasteiger partial charge in [-0.15, -0.1) is 0 Å². The number of hydrogen-bond acceptors (Lipinski definition) is 5. The zero-order valence-corrected chi connectivity index (χ0v) is 24.3. The molecule has 0 aromatic heterocycles. The van der Waals surface area contributed by atoms with Crippen LogP contribution in [0, 0.1) is 5.92 Å². The van der Waals surface area contributed by atoms with E-state index in [1.165, 1.54) is 6.92 Å². The van der Waals surface area contributed by atoms with Crippen LogP contribution in [0.25, 0.3) is 0 Å². The van der Waals surface area contributed by atoms with Gasteiger partial charge in [0.25, 0.3) is 0 Å². The van der Waals surface area contributed by atoms with E-state index in [9.17, 15) is 14.4 Å². The molecule has 9 nitrogen and oxygen atoms in total. The second kappa shape index (κ2) is 16.3. The van der Waals surface area contributed by atoms with Crippen LogP contribution >= 0.6 is 0 Å². The van der Waals surface area contributed by atoms with E-state index in [1.54, 1.807) is 0 Å². The molecule has 2 amide bonds. The van der Waals surface area contributed by atoms with Crippen molar-refractivity contribution in [3.63, 3.8) is 0 Å². The van der Waals surface area contributed by atoms with Gasteiger partial charge in [0, 0.05) is 30.5 Å². The number of rotatable bonds is 19. The molecule has 0 aromatic rings. The molecule has 2 atom stereocenters. The molecule has 38 heavy (non-hydrogen) atoms. The summed E-state index contributed by atoms with van der Waals surface area (Å²) in [6, 6.07) is -0.784. The third-order valence-corrected chi connectivity index (χ3v) is 7.64.